The number of nitrogens with zero attached hydrogens (tertiary/aromatic N) is 1. The minimum atomic E-state index is -0.248. The molecule has 1 aromatic carbocycles. The topological polar surface area (TPSA) is 62.2 Å². The number of benzene rings is 1. The molecule has 0 bridgehead atoms. The van der Waals surface area contributed by atoms with Crippen LogP contribution in [0.15, 0.2) is 47.3 Å². The Morgan fingerprint density at radius 2 is 2.00 bits per heavy atom. The Hall–Kier alpha value is -2.18. The summed E-state index contributed by atoms with van der Waals surface area (Å²) in [4.78, 5) is 17.2. The first-order valence-corrected chi connectivity index (χ1v) is 7.57. The van der Waals surface area contributed by atoms with Crippen LogP contribution in [0.5, 0.6) is 5.75 Å². The fraction of sp³-hybridized carbons (Fsp3) is 0. The van der Waals surface area contributed by atoms with E-state index in [1.165, 1.54) is 23.5 Å². The predicted molar refractivity (Wildman–Crippen MR) is 81.5 cm³/mol. The van der Waals surface area contributed by atoms with Crippen molar-refractivity contribution >= 4 is 34.3 Å². The number of anilines is 1. The summed E-state index contributed by atoms with van der Waals surface area (Å²) in [5.74, 6) is -0.0841. The number of aromatic hydroxyl groups is 1. The van der Waals surface area contributed by atoms with Gasteiger partial charge in [0.25, 0.3) is 5.91 Å². The van der Waals surface area contributed by atoms with Gasteiger partial charge in [0.05, 0.1) is 4.88 Å². The second-order valence-electron chi connectivity index (χ2n) is 4.04. The van der Waals surface area contributed by atoms with E-state index >= 15 is 0 Å². The second kappa shape index (κ2) is 5.44. The number of phenolic OH excluding ortho intramolecular Hbond substituents is 1. The lowest BCUT2D eigenvalue weighted by Crippen LogP contribution is -2.11. The summed E-state index contributed by atoms with van der Waals surface area (Å²) in [6, 6.07) is 8.32. The monoisotopic (exact) mass is 302 g/mol. The van der Waals surface area contributed by atoms with Crippen LogP contribution in [0.2, 0.25) is 0 Å². The van der Waals surface area contributed by atoms with Crippen molar-refractivity contribution in [2.75, 3.05) is 5.32 Å². The maximum Gasteiger partial charge on any atom is 0.284 e. The number of thiazole rings is 1. The molecule has 0 radical (unpaired) electrons. The Bertz CT molecular complexity index is 718. The van der Waals surface area contributed by atoms with Crippen LogP contribution < -0.4 is 5.32 Å². The van der Waals surface area contributed by atoms with Crippen LogP contribution in [0.1, 0.15) is 9.80 Å². The zero-order chi connectivity index (χ0) is 13.9. The van der Waals surface area contributed by atoms with Gasteiger partial charge in [0, 0.05) is 17.4 Å². The van der Waals surface area contributed by atoms with Gasteiger partial charge in [0.15, 0.2) is 5.01 Å². The molecule has 3 aromatic rings. The molecule has 4 nitrogen and oxygen atoms in total. The second-order valence-corrected chi connectivity index (χ2v) is 5.85. The van der Waals surface area contributed by atoms with Gasteiger partial charge in [0.1, 0.15) is 5.75 Å². The summed E-state index contributed by atoms with van der Waals surface area (Å²) in [5.41, 5.74) is 1.70. The highest BCUT2D eigenvalue weighted by Gasteiger charge is 2.12. The summed E-state index contributed by atoms with van der Waals surface area (Å²) in [7, 11) is 0. The Kier molecular flexibility index (Phi) is 3.49. The van der Waals surface area contributed by atoms with Crippen LogP contribution in [0.25, 0.3) is 10.4 Å². The molecule has 0 saturated carbocycles. The van der Waals surface area contributed by atoms with Crippen molar-refractivity contribution in [3.05, 3.63) is 52.3 Å². The van der Waals surface area contributed by atoms with Gasteiger partial charge in [-0.2, -0.15) is 11.3 Å². The average Bonchev–Trinajstić information content (AvgIpc) is 3.11. The van der Waals surface area contributed by atoms with Crippen molar-refractivity contribution in [3.63, 3.8) is 0 Å². The zero-order valence-corrected chi connectivity index (χ0v) is 11.9. The number of hydrogen-bond donors (Lipinski definition) is 2. The van der Waals surface area contributed by atoms with Gasteiger partial charge in [0.2, 0.25) is 0 Å². The van der Waals surface area contributed by atoms with E-state index in [0.717, 1.165) is 10.4 Å². The summed E-state index contributed by atoms with van der Waals surface area (Å²) in [5, 5.41) is 16.4. The number of thiophene rings is 1. The summed E-state index contributed by atoms with van der Waals surface area (Å²) < 4.78 is 0. The minimum absolute atomic E-state index is 0.164. The molecule has 20 heavy (non-hydrogen) atoms. The molecule has 1 amide bonds. The minimum Gasteiger partial charge on any atom is -0.508 e. The van der Waals surface area contributed by atoms with Crippen LogP contribution >= 0.6 is 22.7 Å². The van der Waals surface area contributed by atoms with Gasteiger partial charge >= 0.3 is 0 Å². The smallest absolute Gasteiger partial charge is 0.284 e. The first-order chi connectivity index (χ1) is 9.72. The number of carbonyl (C=O) groups excluding carboxylic acids is 1. The molecule has 2 aromatic heterocycles. The summed E-state index contributed by atoms with van der Waals surface area (Å²) >= 11 is 2.97. The fourth-order valence-corrected chi connectivity index (χ4v) is 3.18. The van der Waals surface area contributed by atoms with Gasteiger partial charge in [-0.3, -0.25) is 4.79 Å². The van der Waals surface area contributed by atoms with Crippen molar-refractivity contribution in [2.24, 2.45) is 0 Å². The zero-order valence-electron chi connectivity index (χ0n) is 10.2. The molecule has 6 heteroatoms. The molecular weight excluding hydrogens is 292 g/mol. The van der Waals surface area contributed by atoms with E-state index in [-0.39, 0.29) is 11.7 Å². The Morgan fingerprint density at radius 1 is 1.20 bits per heavy atom. The quantitative estimate of drug-likeness (QED) is 0.723. The average molecular weight is 302 g/mol. The first-order valence-electron chi connectivity index (χ1n) is 5.81. The highest BCUT2D eigenvalue weighted by molar-refractivity contribution is 7.17. The van der Waals surface area contributed by atoms with Crippen molar-refractivity contribution in [3.8, 4) is 16.2 Å². The van der Waals surface area contributed by atoms with Crippen LogP contribution in [-0.4, -0.2) is 16.0 Å². The summed E-state index contributed by atoms with van der Waals surface area (Å²) in [6.07, 6.45) is 1.71. The number of aromatic nitrogens is 1. The molecule has 0 spiro atoms. The van der Waals surface area contributed by atoms with Crippen LogP contribution in [0.4, 0.5) is 5.69 Å². The van der Waals surface area contributed by atoms with Gasteiger partial charge in [-0.05, 0) is 41.1 Å². The van der Waals surface area contributed by atoms with E-state index in [0.29, 0.717) is 10.7 Å². The largest absolute Gasteiger partial charge is 0.508 e. The Morgan fingerprint density at radius 3 is 2.70 bits per heavy atom. The van der Waals surface area contributed by atoms with Crippen molar-refractivity contribution < 1.29 is 9.90 Å². The molecule has 0 atom stereocenters. The molecule has 0 aliphatic heterocycles. The molecule has 2 heterocycles. The number of phenols is 1. The number of carbonyl (C=O) groups is 1. The van der Waals surface area contributed by atoms with E-state index in [9.17, 15) is 9.90 Å². The number of nitrogens with one attached hydrogen (secondary N) is 1. The maximum absolute atomic E-state index is 12.1. The molecule has 0 saturated heterocycles. The normalized spacial score (nSPS) is 10.4. The molecule has 0 aliphatic carbocycles. The van der Waals surface area contributed by atoms with E-state index < -0.39 is 0 Å². The molecule has 3 rings (SSSR count). The molecule has 0 fully saturated rings. The van der Waals surface area contributed by atoms with Crippen molar-refractivity contribution in [2.45, 2.75) is 0 Å². The van der Waals surface area contributed by atoms with E-state index in [1.54, 1.807) is 29.7 Å². The number of hydrogen-bond acceptors (Lipinski definition) is 5. The molecule has 2 N–H and O–H groups in total. The van der Waals surface area contributed by atoms with Gasteiger partial charge in [-0.15, -0.1) is 11.3 Å². The lowest BCUT2D eigenvalue weighted by atomic mass is 10.3. The third-order valence-electron chi connectivity index (χ3n) is 2.63. The number of rotatable bonds is 3. The molecule has 0 aliphatic rings. The van der Waals surface area contributed by atoms with Gasteiger partial charge in [-0.25, -0.2) is 4.98 Å². The standard InChI is InChI=1S/C14H10N2O2S2/c17-11-3-1-10(2-4-11)16-13(18)14-15-7-12(20-14)9-5-6-19-8-9/h1-8,17H,(H,16,18). The van der Waals surface area contributed by atoms with Crippen molar-refractivity contribution in [1.82, 2.24) is 4.98 Å². The highest BCUT2D eigenvalue weighted by atomic mass is 32.1. The number of amides is 1. The third kappa shape index (κ3) is 2.71. The molecule has 0 unspecified atom stereocenters. The fourth-order valence-electron chi connectivity index (χ4n) is 1.65. The first kappa shape index (κ1) is 12.8. The maximum atomic E-state index is 12.1. The van der Waals surface area contributed by atoms with E-state index in [1.807, 2.05) is 16.8 Å². The van der Waals surface area contributed by atoms with E-state index in [2.05, 4.69) is 10.3 Å². The summed E-state index contributed by atoms with van der Waals surface area (Å²) in [6.45, 7) is 0. The Labute approximate surface area is 123 Å². The van der Waals surface area contributed by atoms with Crippen LogP contribution in [0, 0.1) is 0 Å². The van der Waals surface area contributed by atoms with Crippen LogP contribution in [-0.2, 0) is 0 Å². The van der Waals surface area contributed by atoms with Gasteiger partial charge in [-0.1, -0.05) is 0 Å². The SMILES string of the molecule is O=C(Nc1ccc(O)cc1)c1ncc(-c2ccsc2)s1. The third-order valence-corrected chi connectivity index (χ3v) is 4.36. The van der Waals surface area contributed by atoms with E-state index in [4.69, 9.17) is 0 Å². The molecular formula is C14H10N2O2S2. The lowest BCUT2D eigenvalue weighted by molar-refractivity contribution is 0.102. The highest BCUT2D eigenvalue weighted by Crippen LogP contribution is 2.28. The predicted octanol–water partition coefficient (Wildman–Crippen LogP) is 3.83. The lowest BCUT2D eigenvalue weighted by Gasteiger charge is -2.02. The van der Waals surface area contributed by atoms with Gasteiger partial charge < -0.3 is 10.4 Å². The van der Waals surface area contributed by atoms with Crippen LogP contribution in [0.3, 0.4) is 0 Å². The Balaban J connectivity index is 1.76. The molecule has 100 valence electrons. The van der Waals surface area contributed by atoms with Crippen molar-refractivity contribution in [1.29, 1.82) is 0 Å².